The molecule has 0 aliphatic heterocycles. The number of carbonyl (C=O) groups is 2. The van der Waals surface area contributed by atoms with Gasteiger partial charge >= 0.3 is 5.97 Å². The molecule has 0 aromatic carbocycles. The Kier molecular flexibility index (Phi) is 3.75. The third-order valence-corrected chi connectivity index (χ3v) is 4.50. The first-order chi connectivity index (χ1) is 12.4. The summed E-state index contributed by atoms with van der Waals surface area (Å²) in [6.07, 6.45) is 2.10. The van der Waals surface area contributed by atoms with E-state index in [4.69, 9.17) is 14.0 Å². The molecule has 0 bridgehead atoms. The molecule has 2 N–H and O–H groups in total. The van der Waals surface area contributed by atoms with Crippen LogP contribution in [0.2, 0.25) is 0 Å². The van der Waals surface area contributed by atoms with Crippen LogP contribution in [-0.2, 0) is 6.54 Å². The van der Waals surface area contributed by atoms with Gasteiger partial charge in [-0.3, -0.25) is 4.79 Å². The molecule has 1 amide bonds. The Balaban J connectivity index is 1.60. The van der Waals surface area contributed by atoms with Gasteiger partial charge in [-0.1, -0.05) is 5.16 Å². The number of fused-ring (bicyclic) bond motifs is 1. The maximum atomic E-state index is 12.7. The first kappa shape index (κ1) is 16.3. The fourth-order valence-corrected chi connectivity index (χ4v) is 2.99. The molecule has 3 aromatic rings. The molecule has 3 aromatic heterocycles. The Hall–Kier alpha value is -3.16. The summed E-state index contributed by atoms with van der Waals surface area (Å²) in [5.41, 5.74) is 2.34. The average Bonchev–Trinajstić information content (AvgIpc) is 3.30. The number of nitrogens with one attached hydrogen (secondary N) is 1. The van der Waals surface area contributed by atoms with Crippen LogP contribution in [0, 0.1) is 13.8 Å². The molecule has 0 spiro atoms. The highest BCUT2D eigenvalue weighted by Gasteiger charge is 2.28. The minimum absolute atomic E-state index is 0.0832. The number of carboxylic acids is 1. The number of amides is 1. The first-order valence-electron chi connectivity index (χ1n) is 8.31. The predicted molar refractivity (Wildman–Crippen MR) is 90.1 cm³/mol. The van der Waals surface area contributed by atoms with E-state index in [1.54, 1.807) is 19.9 Å². The second kappa shape index (κ2) is 5.98. The topological polar surface area (TPSA) is 118 Å². The van der Waals surface area contributed by atoms with Crippen molar-refractivity contribution in [2.24, 2.45) is 0 Å². The van der Waals surface area contributed by atoms with Gasteiger partial charge in [0, 0.05) is 11.6 Å². The van der Waals surface area contributed by atoms with Crippen LogP contribution in [0.4, 0.5) is 0 Å². The molecule has 1 aliphatic rings. The summed E-state index contributed by atoms with van der Waals surface area (Å²) in [5.74, 6) is -0.325. The van der Waals surface area contributed by atoms with E-state index < -0.39 is 5.97 Å². The molecule has 26 heavy (non-hydrogen) atoms. The van der Waals surface area contributed by atoms with Gasteiger partial charge in [-0.25, -0.2) is 9.78 Å². The summed E-state index contributed by atoms with van der Waals surface area (Å²) in [4.78, 5) is 28.3. The van der Waals surface area contributed by atoms with Crippen LogP contribution in [0.5, 0.6) is 0 Å². The van der Waals surface area contributed by atoms with Crippen LogP contribution in [0.25, 0.3) is 11.1 Å². The predicted octanol–water partition coefficient (Wildman–Crippen LogP) is 2.94. The summed E-state index contributed by atoms with van der Waals surface area (Å²) >= 11 is 0. The van der Waals surface area contributed by atoms with E-state index in [2.05, 4.69) is 15.5 Å². The van der Waals surface area contributed by atoms with Gasteiger partial charge in [-0.05, 0) is 38.8 Å². The molecule has 4 rings (SSSR count). The summed E-state index contributed by atoms with van der Waals surface area (Å²) in [5, 5.41) is 16.3. The molecule has 1 fully saturated rings. The number of aromatic nitrogens is 2. The van der Waals surface area contributed by atoms with Gasteiger partial charge in [0.2, 0.25) is 0 Å². The van der Waals surface area contributed by atoms with Crippen LogP contribution >= 0.6 is 0 Å². The highest BCUT2D eigenvalue weighted by atomic mass is 16.5. The zero-order valence-corrected chi connectivity index (χ0v) is 14.3. The second-order valence-corrected chi connectivity index (χ2v) is 6.49. The smallest absolute Gasteiger partial charge is 0.339 e. The van der Waals surface area contributed by atoms with E-state index in [0.29, 0.717) is 39.8 Å². The van der Waals surface area contributed by atoms with Gasteiger partial charge in [-0.15, -0.1) is 0 Å². The summed E-state index contributed by atoms with van der Waals surface area (Å²) in [6, 6.07) is 3.20. The van der Waals surface area contributed by atoms with Crippen LogP contribution in [-0.4, -0.2) is 27.1 Å². The molecule has 0 radical (unpaired) electrons. The van der Waals surface area contributed by atoms with Gasteiger partial charge in [-0.2, -0.15) is 0 Å². The zero-order chi connectivity index (χ0) is 18.4. The van der Waals surface area contributed by atoms with Crippen LogP contribution in [0.15, 0.2) is 21.1 Å². The number of hydrogen-bond acceptors (Lipinski definition) is 6. The molecule has 0 saturated heterocycles. The summed E-state index contributed by atoms with van der Waals surface area (Å²) in [7, 11) is 0. The normalized spacial score (nSPS) is 13.9. The Labute approximate surface area is 148 Å². The number of carbonyl (C=O) groups excluding carboxylic acids is 1. The Bertz CT molecular complexity index is 1030. The van der Waals surface area contributed by atoms with Crippen molar-refractivity contribution >= 4 is 23.0 Å². The fourth-order valence-electron chi connectivity index (χ4n) is 2.99. The maximum Gasteiger partial charge on any atom is 0.339 e. The standard InChI is InChI=1S/C18H17N3O5/c1-8-15-13(6-14(10-3-4-10)20-17(15)26-21-8)16(22)19-7-11-5-12(18(23)24)9(2)25-11/h5-6,10H,3-4,7H2,1-2H3,(H,19,22)(H,23,24). The van der Waals surface area contributed by atoms with Crippen LogP contribution < -0.4 is 5.32 Å². The number of nitrogens with zero attached hydrogens (tertiary/aromatic N) is 2. The molecule has 8 heteroatoms. The summed E-state index contributed by atoms with van der Waals surface area (Å²) in [6.45, 7) is 3.42. The van der Waals surface area contributed by atoms with Gasteiger partial charge in [0.25, 0.3) is 11.6 Å². The Morgan fingerprint density at radius 2 is 2.04 bits per heavy atom. The number of aryl methyl sites for hydroxylation is 2. The van der Waals surface area contributed by atoms with E-state index in [1.165, 1.54) is 6.07 Å². The van der Waals surface area contributed by atoms with E-state index in [-0.39, 0.29) is 18.0 Å². The van der Waals surface area contributed by atoms with E-state index in [9.17, 15) is 9.59 Å². The molecule has 0 atom stereocenters. The number of pyridine rings is 1. The van der Waals surface area contributed by atoms with Crippen molar-refractivity contribution in [2.75, 3.05) is 0 Å². The molecule has 3 heterocycles. The van der Waals surface area contributed by atoms with Crippen molar-refractivity contribution in [1.82, 2.24) is 15.5 Å². The molecular weight excluding hydrogens is 338 g/mol. The molecule has 0 unspecified atom stereocenters. The third-order valence-electron chi connectivity index (χ3n) is 4.50. The Morgan fingerprint density at radius 3 is 2.69 bits per heavy atom. The maximum absolute atomic E-state index is 12.7. The molecule has 8 nitrogen and oxygen atoms in total. The highest BCUT2D eigenvalue weighted by Crippen LogP contribution is 2.40. The molecule has 1 aliphatic carbocycles. The molecular formula is C18H17N3O5. The lowest BCUT2D eigenvalue weighted by atomic mass is 10.1. The largest absolute Gasteiger partial charge is 0.478 e. The number of rotatable bonds is 5. The number of aromatic carboxylic acids is 1. The van der Waals surface area contributed by atoms with Crippen molar-refractivity contribution in [3.8, 4) is 0 Å². The number of hydrogen-bond donors (Lipinski definition) is 2. The van der Waals surface area contributed by atoms with Crippen molar-refractivity contribution < 1.29 is 23.6 Å². The van der Waals surface area contributed by atoms with Crippen molar-refractivity contribution in [2.45, 2.75) is 39.2 Å². The van der Waals surface area contributed by atoms with Gasteiger partial charge in [0.1, 0.15) is 17.1 Å². The van der Waals surface area contributed by atoms with Gasteiger partial charge < -0.3 is 19.4 Å². The number of carboxylic acid groups (broad SMARTS) is 1. The van der Waals surface area contributed by atoms with Crippen LogP contribution in [0.3, 0.4) is 0 Å². The van der Waals surface area contributed by atoms with Crippen molar-refractivity contribution in [1.29, 1.82) is 0 Å². The average molecular weight is 355 g/mol. The minimum Gasteiger partial charge on any atom is -0.478 e. The Morgan fingerprint density at radius 1 is 1.27 bits per heavy atom. The second-order valence-electron chi connectivity index (χ2n) is 6.49. The molecule has 134 valence electrons. The van der Waals surface area contributed by atoms with E-state index >= 15 is 0 Å². The SMILES string of the molecule is Cc1oc(CNC(=O)c2cc(C3CC3)nc3onc(C)c23)cc1C(=O)O. The minimum atomic E-state index is -1.06. The zero-order valence-electron chi connectivity index (χ0n) is 14.3. The lowest BCUT2D eigenvalue weighted by molar-refractivity contribution is 0.0694. The van der Waals surface area contributed by atoms with Crippen molar-refractivity contribution in [3.63, 3.8) is 0 Å². The van der Waals surface area contributed by atoms with Crippen molar-refractivity contribution in [3.05, 3.63) is 46.2 Å². The van der Waals surface area contributed by atoms with Crippen LogP contribution in [0.1, 0.15) is 62.4 Å². The van der Waals surface area contributed by atoms with Gasteiger partial charge in [0.15, 0.2) is 0 Å². The monoisotopic (exact) mass is 355 g/mol. The van der Waals surface area contributed by atoms with Gasteiger partial charge in [0.05, 0.1) is 23.2 Å². The first-order valence-corrected chi connectivity index (χ1v) is 8.31. The number of furan rings is 1. The molecule has 1 saturated carbocycles. The van der Waals surface area contributed by atoms with E-state index in [1.807, 2.05) is 0 Å². The third kappa shape index (κ3) is 2.83. The lowest BCUT2D eigenvalue weighted by Gasteiger charge is -2.07. The summed E-state index contributed by atoms with van der Waals surface area (Å²) < 4.78 is 10.6. The highest BCUT2D eigenvalue weighted by molar-refractivity contribution is 6.06. The quantitative estimate of drug-likeness (QED) is 0.722. The van der Waals surface area contributed by atoms with E-state index in [0.717, 1.165) is 18.5 Å². The lowest BCUT2D eigenvalue weighted by Crippen LogP contribution is -2.23. The fraction of sp³-hybridized carbons (Fsp3) is 0.333.